The Balaban J connectivity index is 1.11. The first-order valence-corrected chi connectivity index (χ1v) is 15.9. The molecule has 2 aromatic carbocycles. The molecule has 0 aliphatic carbocycles. The van der Waals surface area contributed by atoms with Crippen molar-refractivity contribution in [2.24, 2.45) is 0 Å². The number of amides is 2. The van der Waals surface area contributed by atoms with Crippen molar-refractivity contribution in [1.29, 1.82) is 0 Å². The molecule has 0 saturated carbocycles. The molecule has 1 fully saturated rings. The Bertz CT molecular complexity index is 1340. The first-order valence-electron chi connectivity index (χ1n) is 15.0. The van der Waals surface area contributed by atoms with Crippen LogP contribution in [0.25, 0.3) is 10.1 Å². The van der Waals surface area contributed by atoms with E-state index in [1.807, 2.05) is 5.38 Å². The van der Waals surface area contributed by atoms with Crippen LogP contribution in [0.4, 0.5) is 20.6 Å². The fourth-order valence-corrected chi connectivity index (χ4v) is 6.59. The molecule has 1 N–H and O–H groups in total. The minimum absolute atomic E-state index is 0.0183. The summed E-state index contributed by atoms with van der Waals surface area (Å²) in [6, 6.07) is 11.7. The van der Waals surface area contributed by atoms with Gasteiger partial charge in [0.25, 0.3) is 0 Å². The molecule has 2 amide bonds. The summed E-state index contributed by atoms with van der Waals surface area (Å²) in [5.41, 5.74) is 4.11. The molecule has 0 radical (unpaired) electrons. The fraction of sp³-hybridized carbons (Fsp3) is 0.500. The lowest BCUT2D eigenvalue weighted by Gasteiger charge is -2.36. The Morgan fingerprint density at radius 2 is 1.83 bits per heavy atom. The Hall–Kier alpha value is -3.17. The molecule has 9 heteroatoms. The van der Waals surface area contributed by atoms with Gasteiger partial charge in [0.2, 0.25) is 5.91 Å². The summed E-state index contributed by atoms with van der Waals surface area (Å²) in [5, 5.41) is 5.95. The van der Waals surface area contributed by atoms with Crippen molar-refractivity contribution < 1.29 is 18.7 Å². The number of nitrogens with one attached hydrogen (secondary N) is 1. The second-order valence-corrected chi connectivity index (χ2v) is 12.0. The number of alkyl carbamates (subject to hydrolysis) is 1. The third-order valence-corrected chi connectivity index (χ3v) is 9.03. The van der Waals surface area contributed by atoms with Gasteiger partial charge in [-0.05, 0) is 60.0 Å². The summed E-state index contributed by atoms with van der Waals surface area (Å²) in [6.07, 6.45) is 7.12. The molecule has 0 bridgehead atoms. The molecule has 0 atom stereocenters. The standard InChI is InChI=1S/C32H41FN4O3S/c1-2-3-4-5-6-13-34-32(39)40-23-37-28-20-24(7-8-25(28)9-10-31(37)38)11-14-35-15-17-36(18-16-35)29-21-26(33)22-30-27(29)12-19-41-30/h7-8,12,19-22H,2-6,9-11,13-18,23H2,1H3,(H,34,39). The van der Waals surface area contributed by atoms with Crippen molar-refractivity contribution in [2.75, 3.05) is 55.8 Å². The zero-order chi connectivity index (χ0) is 28.6. The number of ether oxygens (including phenoxy) is 1. The summed E-state index contributed by atoms with van der Waals surface area (Å²) in [6.45, 7) is 7.16. The molecule has 5 rings (SSSR count). The maximum absolute atomic E-state index is 14.2. The van der Waals surface area contributed by atoms with E-state index in [-0.39, 0.29) is 18.5 Å². The van der Waals surface area contributed by atoms with Crippen LogP contribution in [0.15, 0.2) is 41.8 Å². The van der Waals surface area contributed by atoms with Gasteiger partial charge in [-0.15, -0.1) is 11.3 Å². The second-order valence-electron chi connectivity index (χ2n) is 11.0. The number of carbonyl (C=O) groups is 2. The molecule has 2 aliphatic heterocycles. The molecule has 7 nitrogen and oxygen atoms in total. The first kappa shape index (κ1) is 29.3. The van der Waals surface area contributed by atoms with E-state index < -0.39 is 6.09 Å². The molecular formula is C32H41FN4O3S. The monoisotopic (exact) mass is 580 g/mol. The van der Waals surface area contributed by atoms with Crippen LogP contribution in [0.3, 0.4) is 0 Å². The summed E-state index contributed by atoms with van der Waals surface area (Å²) in [5.74, 6) is -0.198. The van der Waals surface area contributed by atoms with Crippen LogP contribution < -0.4 is 15.1 Å². The number of fused-ring (bicyclic) bond motifs is 2. The largest absolute Gasteiger partial charge is 0.428 e. The number of carbonyl (C=O) groups excluding carboxylic acids is 2. The molecule has 0 spiro atoms. The lowest BCUT2D eigenvalue weighted by molar-refractivity contribution is -0.119. The Morgan fingerprint density at radius 3 is 2.66 bits per heavy atom. The predicted molar refractivity (Wildman–Crippen MR) is 164 cm³/mol. The normalized spacial score (nSPS) is 15.8. The van der Waals surface area contributed by atoms with E-state index in [0.717, 1.165) is 84.6 Å². The Kier molecular flexibility index (Phi) is 10.1. The van der Waals surface area contributed by atoms with Gasteiger partial charge in [-0.3, -0.25) is 14.6 Å². The van der Waals surface area contributed by atoms with Crippen LogP contribution in [0.5, 0.6) is 0 Å². The zero-order valence-electron chi connectivity index (χ0n) is 24.0. The minimum Gasteiger partial charge on any atom is -0.428 e. The number of anilines is 2. The third kappa shape index (κ3) is 7.57. The minimum atomic E-state index is -0.478. The lowest BCUT2D eigenvalue weighted by Crippen LogP contribution is -2.47. The number of aryl methyl sites for hydroxylation is 1. The molecule has 220 valence electrons. The van der Waals surface area contributed by atoms with Crippen LogP contribution in [-0.2, 0) is 22.4 Å². The molecule has 2 aliphatic rings. The summed E-state index contributed by atoms with van der Waals surface area (Å²) < 4.78 is 20.6. The van der Waals surface area contributed by atoms with Gasteiger partial charge in [0, 0.05) is 61.5 Å². The Labute approximate surface area is 246 Å². The number of piperazine rings is 1. The van der Waals surface area contributed by atoms with Crippen LogP contribution in [0, 0.1) is 5.82 Å². The van der Waals surface area contributed by atoms with Gasteiger partial charge < -0.3 is 15.0 Å². The molecule has 1 aromatic heterocycles. The first-order chi connectivity index (χ1) is 20.0. The average Bonchev–Trinajstić information content (AvgIpc) is 3.45. The smallest absolute Gasteiger partial charge is 0.408 e. The number of unbranched alkanes of at least 4 members (excludes halogenated alkanes) is 4. The SMILES string of the molecule is CCCCCCCNC(=O)OCN1C(=O)CCc2ccc(CCN3CCN(c4cc(F)cc5sccc45)CC3)cc21. The average molecular weight is 581 g/mol. The van der Waals surface area contributed by atoms with Crippen molar-refractivity contribution in [2.45, 2.75) is 58.3 Å². The molecule has 1 saturated heterocycles. The number of thiophene rings is 1. The van der Waals surface area contributed by atoms with Crippen LogP contribution in [-0.4, -0.2) is 62.9 Å². The van der Waals surface area contributed by atoms with Crippen LogP contribution in [0.1, 0.15) is 56.6 Å². The zero-order valence-corrected chi connectivity index (χ0v) is 24.8. The topological polar surface area (TPSA) is 65.1 Å². The van der Waals surface area contributed by atoms with Gasteiger partial charge in [0.05, 0.1) is 5.69 Å². The van der Waals surface area contributed by atoms with Crippen molar-refractivity contribution in [3.63, 3.8) is 0 Å². The maximum atomic E-state index is 14.2. The van der Waals surface area contributed by atoms with Crippen molar-refractivity contribution >= 4 is 44.8 Å². The fourth-order valence-electron chi connectivity index (χ4n) is 5.75. The van der Waals surface area contributed by atoms with E-state index in [0.29, 0.717) is 19.4 Å². The number of hydrogen-bond acceptors (Lipinski definition) is 6. The van der Waals surface area contributed by atoms with Gasteiger partial charge in [-0.25, -0.2) is 9.18 Å². The maximum Gasteiger partial charge on any atom is 0.408 e. The number of hydrogen-bond donors (Lipinski definition) is 1. The molecule has 3 aromatic rings. The van der Waals surface area contributed by atoms with Gasteiger partial charge in [0.15, 0.2) is 6.73 Å². The quantitative estimate of drug-likeness (QED) is 0.253. The number of benzene rings is 2. The summed E-state index contributed by atoms with van der Waals surface area (Å²) in [4.78, 5) is 31.3. The highest BCUT2D eigenvalue weighted by atomic mass is 32.1. The van der Waals surface area contributed by atoms with E-state index in [1.54, 1.807) is 28.4 Å². The Morgan fingerprint density at radius 1 is 1.00 bits per heavy atom. The number of nitrogens with zero attached hydrogens (tertiary/aromatic N) is 3. The van der Waals surface area contributed by atoms with Gasteiger partial charge in [0.1, 0.15) is 5.82 Å². The highest BCUT2D eigenvalue weighted by Crippen LogP contribution is 2.33. The van der Waals surface area contributed by atoms with E-state index in [1.165, 1.54) is 19.3 Å². The van der Waals surface area contributed by atoms with Crippen LogP contribution in [0.2, 0.25) is 0 Å². The lowest BCUT2D eigenvalue weighted by atomic mass is 9.98. The number of halogens is 1. The van der Waals surface area contributed by atoms with Gasteiger partial charge in [-0.2, -0.15) is 0 Å². The van der Waals surface area contributed by atoms with Crippen molar-refractivity contribution in [1.82, 2.24) is 10.2 Å². The second kappa shape index (κ2) is 14.1. The van der Waals surface area contributed by atoms with Crippen molar-refractivity contribution in [3.8, 4) is 0 Å². The molecule has 41 heavy (non-hydrogen) atoms. The van der Waals surface area contributed by atoms with Gasteiger partial charge in [-0.1, -0.05) is 44.7 Å². The van der Waals surface area contributed by atoms with Gasteiger partial charge >= 0.3 is 6.09 Å². The molecule has 3 heterocycles. The predicted octanol–water partition coefficient (Wildman–Crippen LogP) is 6.34. The van der Waals surface area contributed by atoms with E-state index >= 15 is 0 Å². The van der Waals surface area contributed by atoms with E-state index in [2.05, 4.69) is 46.3 Å². The summed E-state index contributed by atoms with van der Waals surface area (Å²) in [7, 11) is 0. The highest BCUT2D eigenvalue weighted by molar-refractivity contribution is 7.17. The van der Waals surface area contributed by atoms with Crippen LogP contribution >= 0.6 is 11.3 Å². The molecule has 0 unspecified atom stereocenters. The highest BCUT2D eigenvalue weighted by Gasteiger charge is 2.26. The summed E-state index contributed by atoms with van der Waals surface area (Å²) >= 11 is 1.58. The van der Waals surface area contributed by atoms with E-state index in [9.17, 15) is 14.0 Å². The molecular weight excluding hydrogens is 539 g/mol. The van der Waals surface area contributed by atoms with Crippen molar-refractivity contribution in [3.05, 3.63) is 58.7 Å². The number of rotatable bonds is 12. The van der Waals surface area contributed by atoms with E-state index in [4.69, 9.17) is 4.74 Å². The third-order valence-electron chi connectivity index (χ3n) is 8.17.